The summed E-state index contributed by atoms with van der Waals surface area (Å²) in [7, 11) is 0. The van der Waals surface area contributed by atoms with Crippen molar-refractivity contribution in [2.75, 3.05) is 6.61 Å². The largest absolute Gasteiger partial charge is 0.491 e. The van der Waals surface area contributed by atoms with Crippen LogP contribution in [0.1, 0.15) is 57.4 Å². The van der Waals surface area contributed by atoms with Gasteiger partial charge in [-0.15, -0.1) is 0 Å². The van der Waals surface area contributed by atoms with Crippen molar-refractivity contribution in [3.05, 3.63) is 53.8 Å². The first-order valence-electron chi connectivity index (χ1n) is 9.78. The monoisotopic (exact) mass is 340 g/mol. The van der Waals surface area contributed by atoms with E-state index in [0.717, 1.165) is 29.9 Å². The first kappa shape index (κ1) is 18.0. The van der Waals surface area contributed by atoms with Gasteiger partial charge in [-0.3, -0.25) is 0 Å². The smallest absolute Gasteiger partial charge is 0.165 e. The number of benzene rings is 2. The van der Waals surface area contributed by atoms with Gasteiger partial charge in [-0.25, -0.2) is 4.39 Å². The highest BCUT2D eigenvalue weighted by atomic mass is 19.1. The molecule has 0 bridgehead atoms. The molecule has 0 radical (unpaired) electrons. The Morgan fingerprint density at radius 1 is 0.960 bits per heavy atom. The van der Waals surface area contributed by atoms with Crippen LogP contribution >= 0.6 is 0 Å². The molecule has 2 aromatic rings. The van der Waals surface area contributed by atoms with Gasteiger partial charge in [0.15, 0.2) is 11.6 Å². The Hall–Kier alpha value is -1.83. The van der Waals surface area contributed by atoms with Gasteiger partial charge in [0.2, 0.25) is 0 Å². The van der Waals surface area contributed by atoms with E-state index in [0.29, 0.717) is 12.4 Å². The molecular weight excluding hydrogens is 311 g/mol. The molecule has 0 atom stereocenters. The molecule has 0 heterocycles. The SMILES string of the molecule is CCCOc1ccc(-c2ccc(CCC3CCCCC3)cc2)cc1F. The average molecular weight is 340 g/mol. The van der Waals surface area contributed by atoms with Crippen LogP contribution in [0.5, 0.6) is 5.75 Å². The predicted octanol–water partition coefficient (Wildman–Crippen LogP) is 6.79. The lowest BCUT2D eigenvalue weighted by Gasteiger charge is -2.21. The summed E-state index contributed by atoms with van der Waals surface area (Å²) in [5.74, 6) is 0.972. The van der Waals surface area contributed by atoms with E-state index in [1.807, 2.05) is 13.0 Å². The molecule has 1 aliphatic rings. The molecule has 0 aromatic heterocycles. The van der Waals surface area contributed by atoms with E-state index in [4.69, 9.17) is 4.74 Å². The second kappa shape index (κ2) is 9.03. The second-order valence-corrected chi connectivity index (χ2v) is 7.23. The molecule has 2 aromatic carbocycles. The third kappa shape index (κ3) is 5.07. The van der Waals surface area contributed by atoms with Crippen LogP contribution < -0.4 is 4.74 Å². The van der Waals surface area contributed by atoms with E-state index >= 15 is 0 Å². The van der Waals surface area contributed by atoms with E-state index < -0.39 is 0 Å². The molecule has 0 amide bonds. The van der Waals surface area contributed by atoms with E-state index in [2.05, 4.69) is 24.3 Å². The lowest BCUT2D eigenvalue weighted by molar-refractivity contribution is 0.301. The third-order valence-electron chi connectivity index (χ3n) is 5.25. The van der Waals surface area contributed by atoms with Crippen LogP contribution in [0.15, 0.2) is 42.5 Å². The Labute approximate surface area is 151 Å². The normalized spacial score (nSPS) is 15.3. The van der Waals surface area contributed by atoms with E-state index in [1.165, 1.54) is 44.1 Å². The van der Waals surface area contributed by atoms with Crippen LogP contribution in [0.2, 0.25) is 0 Å². The van der Waals surface area contributed by atoms with Crippen LogP contribution in [0, 0.1) is 11.7 Å². The fourth-order valence-corrected chi connectivity index (χ4v) is 3.72. The molecule has 1 saturated carbocycles. The summed E-state index contributed by atoms with van der Waals surface area (Å²) in [6.07, 6.45) is 10.4. The predicted molar refractivity (Wildman–Crippen MR) is 103 cm³/mol. The van der Waals surface area contributed by atoms with Crippen molar-refractivity contribution < 1.29 is 9.13 Å². The maximum Gasteiger partial charge on any atom is 0.165 e. The van der Waals surface area contributed by atoms with Crippen molar-refractivity contribution in [2.45, 2.75) is 58.3 Å². The van der Waals surface area contributed by atoms with Gasteiger partial charge < -0.3 is 4.74 Å². The second-order valence-electron chi connectivity index (χ2n) is 7.23. The van der Waals surface area contributed by atoms with Crippen LogP contribution in [0.4, 0.5) is 4.39 Å². The Balaban J connectivity index is 1.60. The van der Waals surface area contributed by atoms with Crippen LogP contribution in [-0.4, -0.2) is 6.61 Å². The van der Waals surface area contributed by atoms with Gasteiger partial charge in [-0.05, 0) is 54.0 Å². The number of aryl methyl sites for hydroxylation is 1. The molecule has 0 unspecified atom stereocenters. The van der Waals surface area contributed by atoms with Gasteiger partial charge >= 0.3 is 0 Å². The van der Waals surface area contributed by atoms with Crippen LogP contribution in [0.3, 0.4) is 0 Å². The minimum atomic E-state index is -0.285. The molecule has 2 heteroatoms. The summed E-state index contributed by atoms with van der Waals surface area (Å²) in [5.41, 5.74) is 3.35. The van der Waals surface area contributed by atoms with Crippen LogP contribution in [0.25, 0.3) is 11.1 Å². The van der Waals surface area contributed by atoms with Crippen molar-refractivity contribution >= 4 is 0 Å². The van der Waals surface area contributed by atoms with Gasteiger partial charge in [-0.1, -0.05) is 69.4 Å². The Bertz CT molecular complexity index is 656. The number of rotatable bonds is 7. The molecule has 0 N–H and O–H groups in total. The molecule has 1 aliphatic carbocycles. The highest BCUT2D eigenvalue weighted by molar-refractivity contribution is 5.64. The summed E-state index contributed by atoms with van der Waals surface area (Å²) >= 11 is 0. The van der Waals surface area contributed by atoms with E-state index in [9.17, 15) is 4.39 Å². The summed E-state index contributed by atoms with van der Waals surface area (Å²) in [6.45, 7) is 2.56. The summed E-state index contributed by atoms with van der Waals surface area (Å²) in [5, 5.41) is 0. The van der Waals surface area contributed by atoms with Gasteiger partial charge in [0.25, 0.3) is 0 Å². The average Bonchev–Trinajstić information content (AvgIpc) is 2.67. The van der Waals surface area contributed by atoms with Crippen molar-refractivity contribution in [1.29, 1.82) is 0 Å². The van der Waals surface area contributed by atoms with E-state index in [1.54, 1.807) is 12.1 Å². The summed E-state index contributed by atoms with van der Waals surface area (Å²) < 4.78 is 19.6. The summed E-state index contributed by atoms with van der Waals surface area (Å²) in [6, 6.07) is 13.8. The highest BCUT2D eigenvalue weighted by Crippen LogP contribution is 2.29. The molecule has 1 fully saturated rings. The fourth-order valence-electron chi connectivity index (χ4n) is 3.72. The highest BCUT2D eigenvalue weighted by Gasteiger charge is 2.13. The molecule has 3 rings (SSSR count). The van der Waals surface area contributed by atoms with Gasteiger partial charge in [-0.2, -0.15) is 0 Å². The Morgan fingerprint density at radius 2 is 1.68 bits per heavy atom. The number of hydrogen-bond donors (Lipinski definition) is 0. The summed E-state index contributed by atoms with van der Waals surface area (Å²) in [4.78, 5) is 0. The topological polar surface area (TPSA) is 9.23 Å². The van der Waals surface area contributed by atoms with Gasteiger partial charge in [0.1, 0.15) is 0 Å². The maximum atomic E-state index is 14.1. The Morgan fingerprint density at radius 3 is 2.36 bits per heavy atom. The first-order valence-corrected chi connectivity index (χ1v) is 9.78. The zero-order valence-electron chi connectivity index (χ0n) is 15.3. The van der Waals surface area contributed by atoms with Crippen molar-refractivity contribution in [3.63, 3.8) is 0 Å². The number of hydrogen-bond acceptors (Lipinski definition) is 1. The quantitative estimate of drug-likeness (QED) is 0.539. The molecule has 25 heavy (non-hydrogen) atoms. The van der Waals surface area contributed by atoms with Crippen molar-refractivity contribution in [2.24, 2.45) is 5.92 Å². The van der Waals surface area contributed by atoms with E-state index in [-0.39, 0.29) is 5.82 Å². The first-order chi connectivity index (χ1) is 12.3. The van der Waals surface area contributed by atoms with Crippen molar-refractivity contribution in [3.8, 4) is 16.9 Å². The number of halogens is 1. The lowest BCUT2D eigenvalue weighted by Crippen LogP contribution is -2.07. The number of ether oxygens (including phenoxy) is 1. The zero-order valence-corrected chi connectivity index (χ0v) is 15.3. The van der Waals surface area contributed by atoms with Gasteiger partial charge in [0.05, 0.1) is 6.61 Å². The minimum absolute atomic E-state index is 0.285. The lowest BCUT2D eigenvalue weighted by atomic mass is 9.85. The maximum absolute atomic E-state index is 14.1. The molecule has 0 saturated heterocycles. The molecule has 1 nitrogen and oxygen atoms in total. The molecule has 134 valence electrons. The molecular formula is C23H29FO. The van der Waals surface area contributed by atoms with Crippen LogP contribution in [-0.2, 0) is 6.42 Å². The van der Waals surface area contributed by atoms with Gasteiger partial charge in [0, 0.05) is 0 Å². The third-order valence-corrected chi connectivity index (χ3v) is 5.25. The minimum Gasteiger partial charge on any atom is -0.491 e. The molecule has 0 spiro atoms. The van der Waals surface area contributed by atoms with Crippen molar-refractivity contribution in [1.82, 2.24) is 0 Å². The zero-order chi connectivity index (χ0) is 17.5. The standard InChI is InChI=1S/C23H29FO/c1-2-16-25-23-15-14-21(17-22(23)24)20-12-10-19(11-13-20)9-8-18-6-4-3-5-7-18/h10-15,17-18H,2-9,16H2,1H3. The Kier molecular flexibility index (Phi) is 6.49. The fraction of sp³-hybridized carbons (Fsp3) is 0.478. The molecule has 0 aliphatic heterocycles.